The van der Waals surface area contributed by atoms with Gasteiger partial charge in [-0.1, -0.05) is 0 Å². The number of rotatable bonds is 8. The second-order valence-corrected chi connectivity index (χ2v) is 6.78. The lowest BCUT2D eigenvalue weighted by molar-refractivity contribution is -0.777. The number of hydrogen-bond acceptors (Lipinski definition) is 10. The van der Waals surface area contributed by atoms with Crippen LogP contribution in [0.4, 0.5) is 8.78 Å². The first kappa shape index (κ1) is 18.3. The molecule has 1 saturated heterocycles. The zero-order chi connectivity index (χ0) is 18.2. The Kier molecular flexibility index (Phi) is 5.14. The molecule has 1 aliphatic heterocycles. The van der Waals surface area contributed by atoms with Crippen LogP contribution in [0, 0.1) is 23.7 Å². The second-order valence-electron chi connectivity index (χ2n) is 5.96. The van der Waals surface area contributed by atoms with Crippen molar-refractivity contribution in [2.75, 3.05) is 13.2 Å². The monoisotopic (exact) mass is 383 g/mol. The van der Waals surface area contributed by atoms with E-state index in [1.807, 2.05) is 0 Å². The smallest absolute Gasteiger partial charge is 0.415 e. The zero-order valence-corrected chi connectivity index (χ0v) is 13.4. The van der Waals surface area contributed by atoms with Gasteiger partial charge in [-0.2, -0.15) is 13.1 Å². The van der Waals surface area contributed by atoms with E-state index in [0.29, 0.717) is 6.42 Å². The van der Waals surface area contributed by atoms with E-state index in [0.717, 1.165) is 6.42 Å². The molecular formula is C13H13F2O9S-. The highest BCUT2D eigenvalue weighted by molar-refractivity contribution is 7.96. The summed E-state index contributed by atoms with van der Waals surface area (Å²) in [7, 11) is 0. The van der Waals surface area contributed by atoms with Gasteiger partial charge >= 0.3 is 23.2 Å². The Hall–Kier alpha value is -1.50. The normalized spacial score (nSPS) is 32.6. The molecule has 2 saturated carbocycles. The Morgan fingerprint density at radius 1 is 1.28 bits per heavy atom. The summed E-state index contributed by atoms with van der Waals surface area (Å²) >= 11 is -0.814. The van der Waals surface area contributed by atoms with E-state index in [2.05, 4.69) is 14.1 Å². The van der Waals surface area contributed by atoms with E-state index < -0.39 is 60.3 Å². The lowest BCUT2D eigenvalue weighted by Crippen LogP contribution is -2.34. The molecule has 1 heterocycles. The fourth-order valence-electron chi connectivity index (χ4n) is 3.87. The molecule has 12 heteroatoms. The maximum atomic E-state index is 13.1. The van der Waals surface area contributed by atoms with Crippen LogP contribution in [0.15, 0.2) is 0 Å². The third kappa shape index (κ3) is 3.43. The van der Waals surface area contributed by atoms with Crippen molar-refractivity contribution in [3.05, 3.63) is 0 Å². The fourth-order valence-corrected chi connectivity index (χ4v) is 4.11. The topological polar surface area (TPSA) is 120 Å². The van der Waals surface area contributed by atoms with Crippen molar-refractivity contribution in [2.45, 2.75) is 24.2 Å². The summed E-state index contributed by atoms with van der Waals surface area (Å²) < 4.78 is 43.9. The summed E-state index contributed by atoms with van der Waals surface area (Å²) in [6.45, 7) is -1.05. The van der Waals surface area contributed by atoms with E-state index in [9.17, 15) is 28.4 Å². The van der Waals surface area contributed by atoms with Crippen LogP contribution in [0.3, 0.4) is 0 Å². The molecule has 0 aromatic heterocycles. The minimum Gasteiger partial charge on any atom is -0.691 e. The first-order chi connectivity index (χ1) is 11.8. The van der Waals surface area contributed by atoms with Gasteiger partial charge in [-0.3, -0.25) is 14.6 Å². The average Bonchev–Trinajstić information content (AvgIpc) is 3.18. The Morgan fingerprint density at radius 3 is 2.72 bits per heavy atom. The largest absolute Gasteiger partial charge is 0.691 e. The predicted octanol–water partition coefficient (Wildman–Crippen LogP) is -0.265. The molecule has 5 atom stereocenters. The van der Waals surface area contributed by atoms with Gasteiger partial charge in [0.25, 0.3) is 0 Å². The van der Waals surface area contributed by atoms with E-state index >= 15 is 0 Å². The summed E-state index contributed by atoms with van der Waals surface area (Å²) in [6, 6.07) is 0. The summed E-state index contributed by atoms with van der Waals surface area (Å²) in [4.78, 5) is 35.0. The first-order valence-electron chi connectivity index (χ1n) is 7.41. The summed E-state index contributed by atoms with van der Waals surface area (Å²) in [5.74, 6) is -4.09. The van der Waals surface area contributed by atoms with E-state index in [-0.39, 0.29) is 17.9 Å². The molecule has 5 unspecified atom stereocenters. The van der Waals surface area contributed by atoms with Crippen molar-refractivity contribution < 1.29 is 52.0 Å². The van der Waals surface area contributed by atoms with Crippen LogP contribution in [0.2, 0.25) is 0 Å². The van der Waals surface area contributed by atoms with Gasteiger partial charge < -0.3 is 19.5 Å². The number of carbonyl (C=O) groups excluding carboxylic acids is 3. The van der Waals surface area contributed by atoms with E-state index in [1.165, 1.54) is 0 Å². The van der Waals surface area contributed by atoms with Crippen LogP contribution in [0.1, 0.15) is 12.8 Å². The maximum Gasteiger partial charge on any atom is 0.415 e. The SMILES string of the molecule is O=C(OCCOC(=O)C(F)(F)SOO[O-])C1C2CC3OC(=O)C1C3C2. The molecule has 0 radical (unpaired) electrons. The minimum absolute atomic E-state index is 0.00599. The molecule has 0 N–H and O–H groups in total. The van der Waals surface area contributed by atoms with Gasteiger partial charge in [0.2, 0.25) is 0 Å². The molecule has 9 nitrogen and oxygen atoms in total. The molecular weight excluding hydrogens is 370 g/mol. The Morgan fingerprint density at radius 2 is 2.00 bits per heavy atom. The van der Waals surface area contributed by atoms with Gasteiger partial charge in [0.05, 0.1) is 11.8 Å². The number of alkyl halides is 2. The number of hydrogen-bond donors (Lipinski definition) is 0. The van der Waals surface area contributed by atoms with Crippen molar-refractivity contribution in [1.29, 1.82) is 0 Å². The average molecular weight is 383 g/mol. The highest BCUT2D eigenvalue weighted by atomic mass is 32.2. The van der Waals surface area contributed by atoms with Crippen molar-refractivity contribution in [1.82, 2.24) is 0 Å². The first-order valence-corrected chi connectivity index (χ1v) is 8.16. The number of carbonyl (C=O) groups is 3. The van der Waals surface area contributed by atoms with Crippen molar-refractivity contribution in [3.63, 3.8) is 0 Å². The summed E-state index contributed by atoms with van der Waals surface area (Å²) in [5, 5.41) is 8.04. The molecule has 0 spiro atoms. The van der Waals surface area contributed by atoms with E-state index in [1.54, 1.807) is 0 Å². The minimum atomic E-state index is -4.15. The van der Waals surface area contributed by atoms with Crippen molar-refractivity contribution >= 4 is 30.0 Å². The number of halogens is 2. The molecule has 0 aromatic rings. The van der Waals surface area contributed by atoms with Crippen molar-refractivity contribution in [3.8, 4) is 0 Å². The maximum absolute atomic E-state index is 13.1. The molecule has 140 valence electrons. The lowest BCUT2D eigenvalue weighted by atomic mass is 9.80. The number of esters is 3. The van der Waals surface area contributed by atoms with Crippen LogP contribution in [-0.2, 0) is 38.0 Å². The van der Waals surface area contributed by atoms with Gasteiger partial charge in [-0.05, 0) is 18.8 Å². The Labute approximate surface area is 143 Å². The van der Waals surface area contributed by atoms with Gasteiger partial charge in [0, 0.05) is 5.92 Å². The van der Waals surface area contributed by atoms with Gasteiger partial charge in [0.15, 0.2) is 0 Å². The molecule has 2 bridgehead atoms. The number of ether oxygens (including phenoxy) is 3. The third-order valence-corrected chi connectivity index (χ3v) is 5.22. The van der Waals surface area contributed by atoms with Crippen LogP contribution in [0.25, 0.3) is 0 Å². The highest BCUT2D eigenvalue weighted by Gasteiger charge is 2.64. The van der Waals surface area contributed by atoms with Crippen LogP contribution < -0.4 is 5.26 Å². The second kappa shape index (κ2) is 7.02. The zero-order valence-electron chi connectivity index (χ0n) is 12.6. The quantitative estimate of drug-likeness (QED) is 0.138. The van der Waals surface area contributed by atoms with Crippen LogP contribution in [-0.4, -0.2) is 42.5 Å². The molecule has 2 aliphatic carbocycles. The summed E-state index contributed by atoms with van der Waals surface area (Å²) in [5.41, 5.74) is 0. The van der Waals surface area contributed by atoms with Gasteiger partial charge in [0.1, 0.15) is 31.4 Å². The molecule has 3 fully saturated rings. The van der Waals surface area contributed by atoms with Gasteiger partial charge in [-0.15, -0.1) is 0 Å². The highest BCUT2D eigenvalue weighted by Crippen LogP contribution is 2.57. The molecule has 0 aromatic carbocycles. The fraction of sp³-hybridized carbons (Fsp3) is 0.769. The lowest BCUT2D eigenvalue weighted by Gasteiger charge is -2.22. The molecule has 3 aliphatic rings. The van der Waals surface area contributed by atoms with Gasteiger partial charge in [-0.25, -0.2) is 4.79 Å². The predicted molar refractivity (Wildman–Crippen MR) is 69.7 cm³/mol. The third-order valence-electron chi connectivity index (χ3n) is 4.72. The number of fused-ring (bicyclic) bond motifs is 1. The van der Waals surface area contributed by atoms with Crippen molar-refractivity contribution in [2.24, 2.45) is 23.7 Å². The summed E-state index contributed by atoms with van der Waals surface area (Å²) in [6.07, 6.45) is 1.22. The molecule has 3 rings (SSSR count). The van der Waals surface area contributed by atoms with E-state index in [4.69, 9.17) is 9.47 Å². The molecule has 25 heavy (non-hydrogen) atoms. The van der Waals surface area contributed by atoms with Crippen LogP contribution in [0.5, 0.6) is 0 Å². The Bertz CT molecular complexity index is 570. The molecule has 0 amide bonds. The Balaban J connectivity index is 1.42. The van der Waals surface area contributed by atoms with Crippen LogP contribution >= 0.6 is 12.0 Å². The standard InChI is InChI=1S/C13H14F2O9S/c14-13(15,25-24-23-19)12(18)21-2-1-20-10(16)8-5-3-6-7(4-5)22-11(17)9(6)8/h5-9,19H,1-4H2/p-1.